The highest BCUT2D eigenvalue weighted by Crippen LogP contribution is 2.21. The second-order valence-electron chi connectivity index (χ2n) is 2.09. The van der Waals surface area contributed by atoms with Gasteiger partial charge in [-0.25, -0.2) is 15.2 Å². The molecule has 0 fully saturated rings. The largest absolute Gasteiger partial charge is 0.277 e. The van der Waals surface area contributed by atoms with E-state index in [0.29, 0.717) is 15.7 Å². The van der Waals surface area contributed by atoms with Crippen LogP contribution in [0.5, 0.6) is 0 Å². The maximum Gasteiger partial charge on any atom is 0.228 e. The van der Waals surface area contributed by atoms with Crippen LogP contribution in [0.2, 0.25) is 0 Å². The van der Waals surface area contributed by atoms with Crippen LogP contribution in [0.1, 0.15) is 0 Å². The predicted molar refractivity (Wildman–Crippen MR) is 51.8 cm³/mol. The summed E-state index contributed by atoms with van der Waals surface area (Å²) < 4.78 is 13.2. The van der Waals surface area contributed by atoms with E-state index in [4.69, 9.17) is 5.84 Å². The van der Waals surface area contributed by atoms with Crippen LogP contribution in [0.4, 0.5) is 10.1 Å². The molecule has 12 heavy (non-hydrogen) atoms. The zero-order valence-electron chi connectivity index (χ0n) is 6.00. The Morgan fingerprint density at radius 1 is 1.58 bits per heavy atom. The van der Waals surface area contributed by atoms with Crippen LogP contribution >= 0.6 is 22.6 Å². The van der Waals surface area contributed by atoms with Gasteiger partial charge in [0.05, 0.1) is 9.26 Å². The quantitative estimate of drug-likeness (QED) is 0.291. The molecule has 2 N–H and O–H groups in total. The van der Waals surface area contributed by atoms with Crippen LogP contribution in [0, 0.1) is 9.39 Å². The van der Waals surface area contributed by atoms with Gasteiger partial charge in [-0.2, -0.15) is 0 Å². The van der Waals surface area contributed by atoms with E-state index in [1.54, 1.807) is 28.7 Å². The number of hydrogen-bond acceptors (Lipinski definition) is 2. The molecule has 0 heterocycles. The third kappa shape index (κ3) is 1.72. The van der Waals surface area contributed by atoms with E-state index in [1.165, 1.54) is 12.1 Å². The first-order valence-corrected chi connectivity index (χ1v) is 4.18. The molecular formula is C7H6FIN2O. The first-order valence-electron chi connectivity index (χ1n) is 3.10. The topological polar surface area (TPSA) is 46.3 Å². The summed E-state index contributed by atoms with van der Waals surface area (Å²) in [5, 5.41) is 0.838. The average Bonchev–Trinajstić information content (AvgIpc) is 2.08. The molecule has 1 amide bonds. The molecule has 0 aliphatic rings. The molecule has 0 unspecified atom stereocenters. The fourth-order valence-corrected chi connectivity index (χ4v) is 1.39. The minimum Gasteiger partial charge on any atom is -0.277 e. The first kappa shape index (κ1) is 9.40. The summed E-state index contributed by atoms with van der Waals surface area (Å²) in [6.07, 6.45) is 0.428. The number of amides is 1. The molecule has 1 aromatic rings. The molecule has 5 heteroatoms. The van der Waals surface area contributed by atoms with Crippen molar-refractivity contribution < 1.29 is 9.18 Å². The van der Waals surface area contributed by atoms with Gasteiger partial charge in [0.2, 0.25) is 6.41 Å². The van der Waals surface area contributed by atoms with E-state index in [9.17, 15) is 9.18 Å². The lowest BCUT2D eigenvalue weighted by molar-refractivity contribution is -0.107. The van der Waals surface area contributed by atoms with Crippen LogP contribution in [0.15, 0.2) is 18.2 Å². The molecule has 0 aliphatic carbocycles. The van der Waals surface area contributed by atoms with E-state index < -0.39 is 0 Å². The molecule has 0 bridgehead atoms. The van der Waals surface area contributed by atoms with Gasteiger partial charge in [0.1, 0.15) is 5.82 Å². The van der Waals surface area contributed by atoms with Crippen molar-refractivity contribution in [3.8, 4) is 0 Å². The summed E-state index contributed by atoms with van der Waals surface area (Å²) >= 11 is 1.79. The molecule has 64 valence electrons. The Bertz CT molecular complexity index is 305. The Kier molecular flexibility index (Phi) is 2.99. The van der Waals surface area contributed by atoms with Crippen molar-refractivity contribution in [2.24, 2.45) is 5.84 Å². The number of halogens is 2. The summed E-state index contributed by atoms with van der Waals surface area (Å²) in [6, 6.07) is 4.37. The van der Waals surface area contributed by atoms with Gasteiger partial charge in [0, 0.05) is 0 Å². The minimum absolute atomic E-state index is 0.338. The zero-order valence-corrected chi connectivity index (χ0v) is 8.16. The lowest BCUT2D eigenvalue weighted by Gasteiger charge is -2.11. The molecule has 0 saturated heterocycles. The van der Waals surface area contributed by atoms with E-state index in [-0.39, 0.29) is 5.82 Å². The van der Waals surface area contributed by atoms with Gasteiger partial charge < -0.3 is 0 Å². The van der Waals surface area contributed by atoms with Crippen molar-refractivity contribution in [3.63, 3.8) is 0 Å². The molecule has 1 rings (SSSR count). The maximum atomic E-state index is 12.9. The smallest absolute Gasteiger partial charge is 0.228 e. The Labute approximate surface area is 82.5 Å². The Morgan fingerprint density at radius 2 is 2.25 bits per heavy atom. The number of benzene rings is 1. The normalized spacial score (nSPS) is 9.58. The second kappa shape index (κ2) is 3.81. The van der Waals surface area contributed by atoms with Crippen LogP contribution in [0.25, 0.3) is 0 Å². The zero-order chi connectivity index (χ0) is 9.14. The summed E-state index contributed by atoms with van der Waals surface area (Å²) in [4.78, 5) is 10.2. The predicted octanol–water partition coefficient (Wildman–Crippen LogP) is 1.27. The van der Waals surface area contributed by atoms with E-state index in [1.807, 2.05) is 0 Å². The van der Waals surface area contributed by atoms with E-state index >= 15 is 0 Å². The number of nitrogens with two attached hydrogens (primary N) is 1. The van der Waals surface area contributed by atoms with Crippen molar-refractivity contribution in [2.45, 2.75) is 0 Å². The summed E-state index contributed by atoms with van der Waals surface area (Å²) in [7, 11) is 0. The highest BCUT2D eigenvalue weighted by Gasteiger charge is 2.08. The number of rotatable bonds is 2. The van der Waals surface area contributed by atoms with Gasteiger partial charge in [0.25, 0.3) is 0 Å². The minimum atomic E-state index is -0.384. The fraction of sp³-hybridized carbons (Fsp3) is 0. The van der Waals surface area contributed by atoms with E-state index in [0.717, 1.165) is 5.01 Å². The van der Waals surface area contributed by atoms with Gasteiger partial charge in [-0.1, -0.05) is 6.07 Å². The highest BCUT2D eigenvalue weighted by atomic mass is 127. The number of hydrogen-bond donors (Lipinski definition) is 1. The monoisotopic (exact) mass is 280 g/mol. The number of nitrogens with zero attached hydrogens (tertiary/aromatic N) is 1. The van der Waals surface area contributed by atoms with Crippen molar-refractivity contribution in [1.82, 2.24) is 0 Å². The fourth-order valence-electron chi connectivity index (χ4n) is 0.749. The summed E-state index contributed by atoms with van der Waals surface area (Å²) in [5.74, 6) is 4.87. The van der Waals surface area contributed by atoms with Gasteiger partial charge in [-0.3, -0.25) is 4.79 Å². The Morgan fingerprint density at radius 3 is 2.83 bits per heavy atom. The SMILES string of the molecule is NN(C=O)c1cccc(F)c1I. The molecule has 0 aromatic heterocycles. The van der Waals surface area contributed by atoms with E-state index in [2.05, 4.69) is 0 Å². The van der Waals surface area contributed by atoms with Crippen LogP contribution < -0.4 is 10.9 Å². The molecular weight excluding hydrogens is 274 g/mol. The molecule has 1 aromatic carbocycles. The third-order valence-electron chi connectivity index (χ3n) is 1.32. The van der Waals surface area contributed by atoms with Gasteiger partial charge in [0.15, 0.2) is 0 Å². The molecule has 0 aliphatic heterocycles. The lowest BCUT2D eigenvalue weighted by Crippen LogP contribution is -2.29. The van der Waals surface area contributed by atoms with Gasteiger partial charge >= 0.3 is 0 Å². The molecule has 0 atom stereocenters. The summed E-state index contributed by atoms with van der Waals surface area (Å²) in [5.41, 5.74) is 0.366. The molecule has 0 radical (unpaired) electrons. The third-order valence-corrected chi connectivity index (χ3v) is 2.39. The van der Waals surface area contributed by atoms with Crippen LogP contribution in [-0.4, -0.2) is 6.41 Å². The first-order chi connectivity index (χ1) is 5.66. The second-order valence-corrected chi connectivity index (χ2v) is 3.16. The standard InChI is InChI=1S/C7H6FIN2O/c8-5-2-1-3-6(7(5)9)11(10)4-12/h1-4H,10H2. The van der Waals surface area contributed by atoms with Crippen LogP contribution in [0.3, 0.4) is 0 Å². The average molecular weight is 280 g/mol. The van der Waals surface area contributed by atoms with Crippen molar-refractivity contribution in [3.05, 3.63) is 27.6 Å². The number of hydrazine groups is 1. The molecule has 0 spiro atoms. The highest BCUT2D eigenvalue weighted by molar-refractivity contribution is 14.1. The van der Waals surface area contributed by atoms with Crippen molar-refractivity contribution >= 4 is 34.7 Å². The lowest BCUT2D eigenvalue weighted by atomic mass is 10.3. The number of carbonyl (C=O) groups is 1. The number of carbonyl (C=O) groups excluding carboxylic acids is 1. The van der Waals surface area contributed by atoms with Crippen molar-refractivity contribution in [2.75, 3.05) is 5.01 Å². The van der Waals surface area contributed by atoms with Crippen molar-refractivity contribution in [1.29, 1.82) is 0 Å². The summed E-state index contributed by atoms with van der Waals surface area (Å²) in [6.45, 7) is 0. The van der Waals surface area contributed by atoms with Gasteiger partial charge in [-0.15, -0.1) is 0 Å². The molecule has 3 nitrogen and oxygen atoms in total. The Hall–Kier alpha value is -0.690. The molecule has 0 saturated carbocycles. The number of anilines is 1. The van der Waals surface area contributed by atoms with Crippen LogP contribution in [-0.2, 0) is 4.79 Å². The Balaban J connectivity index is 3.15. The van der Waals surface area contributed by atoms with Gasteiger partial charge in [-0.05, 0) is 34.7 Å². The maximum absolute atomic E-state index is 12.9.